The predicted molar refractivity (Wildman–Crippen MR) is 115 cm³/mol. The third-order valence-electron chi connectivity index (χ3n) is 6.40. The molecule has 6 nitrogen and oxygen atoms in total. The van der Waals surface area contributed by atoms with Gasteiger partial charge >= 0.3 is 0 Å². The van der Waals surface area contributed by atoms with Crippen molar-refractivity contribution in [2.24, 2.45) is 0 Å². The number of pyridine rings is 2. The lowest BCUT2D eigenvalue weighted by Gasteiger charge is -2.27. The summed E-state index contributed by atoms with van der Waals surface area (Å²) in [5, 5.41) is 0. The molecule has 156 valence electrons. The van der Waals surface area contributed by atoms with E-state index in [-0.39, 0.29) is 23.2 Å². The number of hydrogen-bond donors (Lipinski definition) is 0. The maximum Gasteiger partial charge on any atom is 0.251 e. The van der Waals surface area contributed by atoms with Gasteiger partial charge in [-0.3, -0.25) is 14.5 Å². The fourth-order valence-corrected chi connectivity index (χ4v) is 4.56. The molecule has 29 heavy (non-hydrogen) atoms. The minimum absolute atomic E-state index is 0.0829. The molecule has 2 aromatic heterocycles. The van der Waals surface area contributed by atoms with Crippen LogP contribution in [0.2, 0.25) is 0 Å². The highest BCUT2D eigenvalue weighted by Gasteiger charge is 2.22. The normalized spacial score (nSPS) is 18.1. The molecule has 0 fully saturated rings. The van der Waals surface area contributed by atoms with Crippen molar-refractivity contribution >= 4 is 0 Å². The summed E-state index contributed by atoms with van der Waals surface area (Å²) >= 11 is 0. The zero-order valence-corrected chi connectivity index (χ0v) is 18.0. The maximum atomic E-state index is 12.6. The van der Waals surface area contributed by atoms with Crippen molar-refractivity contribution in [3.8, 4) is 0 Å². The fourth-order valence-electron chi connectivity index (χ4n) is 4.56. The van der Waals surface area contributed by atoms with Crippen LogP contribution >= 0.6 is 0 Å². The molecule has 4 rings (SSSR count). The van der Waals surface area contributed by atoms with Gasteiger partial charge in [0.05, 0.1) is 0 Å². The van der Waals surface area contributed by atoms with Gasteiger partial charge in [-0.1, -0.05) is 0 Å². The van der Waals surface area contributed by atoms with Crippen molar-refractivity contribution in [3.63, 3.8) is 0 Å². The summed E-state index contributed by atoms with van der Waals surface area (Å²) in [4.78, 5) is 29.6. The average molecular weight is 397 g/mol. The van der Waals surface area contributed by atoms with Gasteiger partial charge in [0.15, 0.2) is 0 Å². The summed E-state index contributed by atoms with van der Waals surface area (Å²) in [5.41, 5.74) is 5.07. The van der Waals surface area contributed by atoms with Crippen molar-refractivity contribution in [2.75, 3.05) is 20.1 Å². The predicted octanol–water partition coefficient (Wildman–Crippen LogP) is 2.55. The Kier molecular flexibility index (Phi) is 5.49. The molecule has 0 spiro atoms. The summed E-state index contributed by atoms with van der Waals surface area (Å²) in [6.45, 7) is 10.7. The molecule has 1 unspecified atom stereocenters. The molecule has 2 aliphatic heterocycles. The van der Waals surface area contributed by atoms with E-state index in [1.165, 1.54) is 16.7 Å². The molecule has 6 heteroatoms. The van der Waals surface area contributed by atoms with Gasteiger partial charge in [-0.2, -0.15) is 0 Å². The summed E-state index contributed by atoms with van der Waals surface area (Å²) in [7, 11) is 2.13. The molecule has 2 aromatic rings. The molecule has 0 saturated carbocycles. The second-order valence-electron chi connectivity index (χ2n) is 9.07. The maximum absolute atomic E-state index is 12.6. The van der Waals surface area contributed by atoms with Gasteiger partial charge in [-0.05, 0) is 62.9 Å². The van der Waals surface area contributed by atoms with Crippen LogP contribution in [0.25, 0.3) is 0 Å². The quantitative estimate of drug-likeness (QED) is 0.779. The highest BCUT2D eigenvalue weighted by Crippen LogP contribution is 2.24. The number of aromatic nitrogens is 2. The smallest absolute Gasteiger partial charge is 0.251 e. The first-order valence-corrected chi connectivity index (χ1v) is 10.7. The van der Waals surface area contributed by atoms with E-state index in [9.17, 15) is 9.59 Å². The largest absolute Gasteiger partial charge is 0.313 e. The van der Waals surface area contributed by atoms with Crippen LogP contribution in [-0.2, 0) is 26.1 Å². The van der Waals surface area contributed by atoms with Crippen LogP contribution in [0.15, 0.2) is 34.1 Å². The molecular formula is C23H32N4O2. The van der Waals surface area contributed by atoms with Gasteiger partial charge in [0.1, 0.15) is 0 Å². The van der Waals surface area contributed by atoms with Crippen molar-refractivity contribution in [3.05, 3.63) is 67.5 Å². The van der Waals surface area contributed by atoms with Crippen molar-refractivity contribution in [1.29, 1.82) is 0 Å². The molecular weight excluding hydrogens is 364 g/mol. The van der Waals surface area contributed by atoms with Crippen LogP contribution in [0.4, 0.5) is 0 Å². The molecule has 0 amide bonds. The Morgan fingerprint density at radius 1 is 0.862 bits per heavy atom. The first kappa shape index (κ1) is 20.1. The van der Waals surface area contributed by atoms with E-state index in [2.05, 4.69) is 30.0 Å². The molecule has 0 aliphatic carbocycles. The van der Waals surface area contributed by atoms with E-state index in [1.807, 2.05) is 35.2 Å². The molecule has 0 radical (unpaired) electrons. The molecule has 1 atom stereocenters. The number of fused-ring (bicyclic) bond motifs is 2. The van der Waals surface area contributed by atoms with Gasteiger partial charge in [-0.25, -0.2) is 0 Å². The second kappa shape index (κ2) is 7.92. The summed E-state index contributed by atoms with van der Waals surface area (Å²) < 4.78 is 3.72. The molecule has 2 aliphatic rings. The van der Waals surface area contributed by atoms with E-state index >= 15 is 0 Å². The minimum atomic E-state index is 0.0829. The number of likely N-dealkylation sites (N-methyl/N-ethyl adjacent to an activating group) is 1. The Bertz CT molecular complexity index is 1020. The van der Waals surface area contributed by atoms with E-state index < -0.39 is 0 Å². The second-order valence-corrected chi connectivity index (χ2v) is 9.07. The minimum Gasteiger partial charge on any atom is -0.313 e. The van der Waals surface area contributed by atoms with E-state index in [4.69, 9.17) is 0 Å². The Balaban J connectivity index is 1.43. The number of hydrogen-bond acceptors (Lipinski definition) is 4. The molecule has 0 bridgehead atoms. The first-order chi connectivity index (χ1) is 13.8. The number of nitrogens with zero attached hydrogens (tertiary/aromatic N) is 4. The summed E-state index contributed by atoms with van der Waals surface area (Å²) in [6, 6.07) is 3.96. The zero-order chi connectivity index (χ0) is 20.7. The Morgan fingerprint density at radius 3 is 2.24 bits per heavy atom. The van der Waals surface area contributed by atoms with Crippen molar-refractivity contribution in [2.45, 2.75) is 65.3 Å². The standard InChI is InChI=1S/C23H32N4O2/c1-16(2)26-14-21-13-25(12-19(21)10-22(26)28)8-5-17(3)27-15-20-11-24(4)7-6-18(20)9-23(27)29/h9-10,14-17H,5-8,11-13H2,1-4H3. The zero-order valence-electron chi connectivity index (χ0n) is 18.0. The van der Waals surface area contributed by atoms with Gasteiger partial charge < -0.3 is 14.0 Å². The molecule has 0 saturated heterocycles. The SMILES string of the molecule is CC(C)n1cc2c(cc1=O)CN(CCC(C)n1cc3c(cc1=O)CCN(C)C3)C2. The van der Waals surface area contributed by atoms with Crippen LogP contribution in [0.1, 0.15) is 61.5 Å². The lowest BCUT2D eigenvalue weighted by Crippen LogP contribution is -2.32. The van der Waals surface area contributed by atoms with Crippen LogP contribution in [0.3, 0.4) is 0 Å². The van der Waals surface area contributed by atoms with Gasteiger partial charge in [0.25, 0.3) is 11.1 Å². The first-order valence-electron chi connectivity index (χ1n) is 10.7. The van der Waals surface area contributed by atoms with E-state index in [0.717, 1.165) is 51.1 Å². The lowest BCUT2D eigenvalue weighted by atomic mass is 10.0. The average Bonchev–Trinajstić information content (AvgIpc) is 3.06. The highest BCUT2D eigenvalue weighted by molar-refractivity contribution is 5.28. The van der Waals surface area contributed by atoms with E-state index in [0.29, 0.717) is 0 Å². The Morgan fingerprint density at radius 2 is 1.48 bits per heavy atom. The van der Waals surface area contributed by atoms with Crippen molar-refractivity contribution < 1.29 is 0 Å². The van der Waals surface area contributed by atoms with Crippen LogP contribution < -0.4 is 11.1 Å². The monoisotopic (exact) mass is 396 g/mol. The highest BCUT2D eigenvalue weighted by atomic mass is 16.1. The summed E-state index contributed by atoms with van der Waals surface area (Å²) in [5.74, 6) is 0. The van der Waals surface area contributed by atoms with Gasteiger partial charge in [0, 0.05) is 69.3 Å². The Labute approximate surface area is 172 Å². The summed E-state index contributed by atoms with van der Waals surface area (Å²) in [6.07, 6.45) is 5.97. The lowest BCUT2D eigenvalue weighted by molar-refractivity contribution is 0.260. The van der Waals surface area contributed by atoms with Crippen LogP contribution in [0, 0.1) is 0 Å². The van der Waals surface area contributed by atoms with Gasteiger partial charge in [-0.15, -0.1) is 0 Å². The molecule has 0 N–H and O–H groups in total. The topological polar surface area (TPSA) is 50.5 Å². The third kappa shape index (κ3) is 4.09. The van der Waals surface area contributed by atoms with Crippen molar-refractivity contribution in [1.82, 2.24) is 18.9 Å². The third-order valence-corrected chi connectivity index (χ3v) is 6.40. The van der Waals surface area contributed by atoms with Gasteiger partial charge in [0.2, 0.25) is 0 Å². The van der Waals surface area contributed by atoms with Crippen LogP contribution in [-0.4, -0.2) is 39.1 Å². The molecule has 0 aromatic carbocycles. The molecule has 4 heterocycles. The Hall–Kier alpha value is -2.18. The van der Waals surface area contributed by atoms with E-state index in [1.54, 1.807) is 6.07 Å². The van der Waals surface area contributed by atoms with Crippen LogP contribution in [0.5, 0.6) is 0 Å². The fraction of sp³-hybridized carbons (Fsp3) is 0.565. The number of rotatable bonds is 5.